The van der Waals surface area contributed by atoms with Crippen molar-refractivity contribution in [3.05, 3.63) is 53.1 Å². The fourth-order valence-corrected chi connectivity index (χ4v) is 3.78. The van der Waals surface area contributed by atoms with Gasteiger partial charge in [0, 0.05) is 16.9 Å². The van der Waals surface area contributed by atoms with Gasteiger partial charge in [-0.3, -0.25) is 0 Å². The third-order valence-corrected chi connectivity index (χ3v) is 4.98. The SMILES string of the molecule is COc1ccc(C2=C(O)c3ccc(OC)c(OC)c3CS2)cc1. The molecule has 0 radical (unpaired) electrons. The Morgan fingerprint density at radius 2 is 1.65 bits per heavy atom. The van der Waals surface area contributed by atoms with Gasteiger partial charge in [-0.2, -0.15) is 0 Å². The summed E-state index contributed by atoms with van der Waals surface area (Å²) in [5, 5.41) is 10.7. The Morgan fingerprint density at radius 1 is 0.913 bits per heavy atom. The topological polar surface area (TPSA) is 47.9 Å². The molecule has 1 N–H and O–H groups in total. The van der Waals surface area contributed by atoms with Crippen molar-refractivity contribution in [2.75, 3.05) is 21.3 Å². The van der Waals surface area contributed by atoms with Gasteiger partial charge in [-0.1, -0.05) is 12.1 Å². The first-order valence-electron chi connectivity index (χ1n) is 7.14. The highest BCUT2D eigenvalue weighted by Gasteiger charge is 2.25. The van der Waals surface area contributed by atoms with Gasteiger partial charge in [-0.05, 0) is 29.8 Å². The van der Waals surface area contributed by atoms with Gasteiger partial charge in [0.15, 0.2) is 11.5 Å². The molecule has 0 fully saturated rings. The molecule has 1 aliphatic rings. The molecule has 5 heteroatoms. The third-order valence-electron chi connectivity index (χ3n) is 3.83. The first kappa shape index (κ1) is 15.6. The quantitative estimate of drug-likeness (QED) is 0.903. The molecule has 23 heavy (non-hydrogen) atoms. The lowest BCUT2D eigenvalue weighted by atomic mass is 10.0. The standard InChI is InChI=1S/C18H18O4S/c1-20-12-6-4-11(5-7-12)18-16(19)13-8-9-15(21-2)17(22-3)14(13)10-23-18/h4-9,19H,10H2,1-3H3. The highest BCUT2D eigenvalue weighted by atomic mass is 32.2. The van der Waals surface area contributed by atoms with E-state index in [9.17, 15) is 5.11 Å². The van der Waals surface area contributed by atoms with Crippen molar-refractivity contribution in [2.45, 2.75) is 5.75 Å². The van der Waals surface area contributed by atoms with Crippen LogP contribution in [-0.4, -0.2) is 26.4 Å². The molecule has 0 aromatic heterocycles. The number of aliphatic hydroxyl groups is 1. The lowest BCUT2D eigenvalue weighted by Crippen LogP contribution is -2.04. The van der Waals surface area contributed by atoms with Crippen LogP contribution in [-0.2, 0) is 5.75 Å². The van der Waals surface area contributed by atoms with Gasteiger partial charge < -0.3 is 19.3 Å². The fourth-order valence-electron chi connectivity index (χ4n) is 2.65. The van der Waals surface area contributed by atoms with Crippen LogP contribution in [0.15, 0.2) is 36.4 Å². The van der Waals surface area contributed by atoms with Gasteiger partial charge in [-0.25, -0.2) is 0 Å². The van der Waals surface area contributed by atoms with Crippen LogP contribution in [0.3, 0.4) is 0 Å². The number of fused-ring (bicyclic) bond motifs is 1. The highest BCUT2D eigenvalue weighted by Crippen LogP contribution is 2.47. The molecular weight excluding hydrogens is 312 g/mol. The molecule has 0 amide bonds. The molecule has 4 nitrogen and oxygen atoms in total. The maximum absolute atomic E-state index is 10.7. The van der Waals surface area contributed by atoms with E-state index in [0.717, 1.165) is 27.3 Å². The number of hydrogen-bond acceptors (Lipinski definition) is 5. The second kappa shape index (κ2) is 6.46. The van der Waals surface area contributed by atoms with Crippen LogP contribution in [0.25, 0.3) is 10.7 Å². The molecule has 0 saturated carbocycles. The first-order valence-corrected chi connectivity index (χ1v) is 8.12. The average molecular weight is 330 g/mol. The minimum atomic E-state index is 0.266. The summed E-state index contributed by atoms with van der Waals surface area (Å²) in [7, 11) is 4.86. The van der Waals surface area contributed by atoms with E-state index < -0.39 is 0 Å². The molecule has 0 unspecified atom stereocenters. The van der Waals surface area contributed by atoms with E-state index in [2.05, 4.69) is 0 Å². The van der Waals surface area contributed by atoms with Crippen LogP contribution in [0.1, 0.15) is 16.7 Å². The zero-order valence-corrected chi connectivity index (χ0v) is 14.1. The van der Waals surface area contributed by atoms with Gasteiger partial charge in [-0.15, -0.1) is 11.8 Å². The number of methoxy groups -OCH3 is 3. The molecule has 120 valence electrons. The van der Waals surface area contributed by atoms with E-state index in [1.165, 1.54) is 0 Å². The smallest absolute Gasteiger partial charge is 0.165 e. The summed E-state index contributed by atoms with van der Waals surface area (Å²) in [6.07, 6.45) is 0. The Bertz CT molecular complexity index is 750. The van der Waals surface area contributed by atoms with Crippen LogP contribution in [0.5, 0.6) is 17.2 Å². The van der Waals surface area contributed by atoms with E-state index in [-0.39, 0.29) is 5.76 Å². The van der Waals surface area contributed by atoms with Gasteiger partial charge in [0.05, 0.1) is 26.2 Å². The van der Waals surface area contributed by atoms with Crippen LogP contribution in [0, 0.1) is 0 Å². The van der Waals surface area contributed by atoms with E-state index in [1.54, 1.807) is 33.1 Å². The van der Waals surface area contributed by atoms with Crippen LogP contribution in [0.4, 0.5) is 0 Å². The van der Waals surface area contributed by atoms with Crippen molar-refractivity contribution < 1.29 is 19.3 Å². The molecular formula is C18H18O4S. The van der Waals surface area contributed by atoms with Gasteiger partial charge in [0.2, 0.25) is 0 Å². The van der Waals surface area contributed by atoms with Crippen molar-refractivity contribution in [3.8, 4) is 17.2 Å². The highest BCUT2D eigenvalue weighted by molar-refractivity contribution is 8.07. The normalized spacial score (nSPS) is 13.5. The summed E-state index contributed by atoms with van der Waals surface area (Å²) in [6.45, 7) is 0. The minimum Gasteiger partial charge on any atom is -0.506 e. The van der Waals surface area contributed by atoms with Crippen molar-refractivity contribution in [1.82, 2.24) is 0 Å². The van der Waals surface area contributed by atoms with E-state index >= 15 is 0 Å². The average Bonchev–Trinajstić information content (AvgIpc) is 2.61. The number of aliphatic hydroxyl groups excluding tert-OH is 1. The number of hydrogen-bond donors (Lipinski definition) is 1. The van der Waals surface area contributed by atoms with E-state index in [1.807, 2.05) is 36.4 Å². The summed E-state index contributed by atoms with van der Waals surface area (Å²) >= 11 is 1.58. The Hall–Kier alpha value is -2.27. The summed E-state index contributed by atoms with van der Waals surface area (Å²) in [6, 6.07) is 11.4. The van der Waals surface area contributed by atoms with Crippen molar-refractivity contribution >= 4 is 22.4 Å². The van der Waals surface area contributed by atoms with Crippen LogP contribution < -0.4 is 14.2 Å². The van der Waals surface area contributed by atoms with Crippen molar-refractivity contribution in [1.29, 1.82) is 0 Å². The Labute approximate surface area is 139 Å². The lowest BCUT2D eigenvalue weighted by Gasteiger charge is -2.22. The predicted octanol–water partition coefficient (Wildman–Crippen LogP) is 4.34. The van der Waals surface area contributed by atoms with Gasteiger partial charge in [0.25, 0.3) is 0 Å². The molecule has 1 aliphatic heterocycles. The van der Waals surface area contributed by atoms with Gasteiger partial charge in [0.1, 0.15) is 11.5 Å². The summed E-state index contributed by atoms with van der Waals surface area (Å²) in [4.78, 5) is 0.854. The van der Waals surface area contributed by atoms with Crippen molar-refractivity contribution in [3.63, 3.8) is 0 Å². The monoisotopic (exact) mass is 330 g/mol. The predicted molar refractivity (Wildman–Crippen MR) is 93.3 cm³/mol. The largest absolute Gasteiger partial charge is 0.506 e. The second-order valence-electron chi connectivity index (χ2n) is 5.02. The third kappa shape index (κ3) is 2.72. The van der Waals surface area contributed by atoms with Crippen LogP contribution >= 0.6 is 11.8 Å². The lowest BCUT2D eigenvalue weighted by molar-refractivity contribution is 0.352. The minimum absolute atomic E-state index is 0.266. The zero-order chi connectivity index (χ0) is 16.4. The number of rotatable bonds is 4. The number of benzene rings is 2. The van der Waals surface area contributed by atoms with Crippen molar-refractivity contribution in [2.24, 2.45) is 0 Å². The Morgan fingerprint density at radius 3 is 2.26 bits per heavy atom. The summed E-state index contributed by atoms with van der Waals surface area (Å²) in [5.74, 6) is 3.12. The maximum atomic E-state index is 10.7. The Kier molecular flexibility index (Phi) is 4.39. The maximum Gasteiger partial charge on any atom is 0.165 e. The zero-order valence-electron chi connectivity index (χ0n) is 13.3. The molecule has 2 aromatic rings. The van der Waals surface area contributed by atoms with E-state index in [4.69, 9.17) is 14.2 Å². The number of ether oxygens (including phenoxy) is 3. The van der Waals surface area contributed by atoms with E-state index in [0.29, 0.717) is 17.3 Å². The first-order chi connectivity index (χ1) is 11.2. The van der Waals surface area contributed by atoms with Crippen LogP contribution in [0.2, 0.25) is 0 Å². The summed E-state index contributed by atoms with van der Waals surface area (Å²) < 4.78 is 16.0. The number of thioether (sulfide) groups is 1. The molecule has 0 bridgehead atoms. The molecule has 1 heterocycles. The Balaban J connectivity index is 2.08. The van der Waals surface area contributed by atoms with Gasteiger partial charge >= 0.3 is 0 Å². The summed E-state index contributed by atoms with van der Waals surface area (Å²) in [5.41, 5.74) is 2.70. The molecule has 0 atom stereocenters. The molecule has 0 aliphatic carbocycles. The fraction of sp³-hybridized carbons (Fsp3) is 0.222. The molecule has 2 aromatic carbocycles. The molecule has 0 saturated heterocycles. The second-order valence-corrected chi connectivity index (χ2v) is 6.01. The molecule has 3 rings (SSSR count). The molecule has 0 spiro atoms.